The van der Waals surface area contributed by atoms with Gasteiger partial charge in [-0.2, -0.15) is 0 Å². The van der Waals surface area contributed by atoms with Crippen molar-refractivity contribution in [2.24, 2.45) is 7.05 Å². The lowest BCUT2D eigenvalue weighted by molar-refractivity contribution is 0.0863. The minimum Gasteiger partial charge on any atom is -0.337 e. The van der Waals surface area contributed by atoms with E-state index in [0.29, 0.717) is 15.8 Å². The molecule has 1 atom stereocenters. The van der Waals surface area contributed by atoms with Gasteiger partial charge in [0.1, 0.15) is 5.82 Å². The van der Waals surface area contributed by atoms with Crippen molar-refractivity contribution in [2.75, 3.05) is 7.05 Å². The zero-order chi connectivity index (χ0) is 14.0. The maximum Gasteiger partial charge on any atom is 0.189 e. The van der Waals surface area contributed by atoms with Crippen LogP contribution in [-0.2, 0) is 13.6 Å². The number of likely N-dealkylation sites (N-methyl/N-ethyl adjacent to an activating group) is 1. The quantitative estimate of drug-likeness (QED) is 0.797. The summed E-state index contributed by atoms with van der Waals surface area (Å²) < 4.78 is 2.60. The molecule has 0 saturated carbocycles. The van der Waals surface area contributed by atoms with E-state index in [4.69, 9.17) is 11.6 Å². The van der Waals surface area contributed by atoms with Crippen LogP contribution in [0.1, 0.15) is 22.4 Å². The molecule has 0 spiro atoms. The summed E-state index contributed by atoms with van der Waals surface area (Å²) in [5.41, 5.74) is 0. The average molecular weight is 298 g/mol. The van der Waals surface area contributed by atoms with Crippen LogP contribution < -0.4 is 0 Å². The Balaban J connectivity index is 2.05. The van der Waals surface area contributed by atoms with E-state index in [2.05, 4.69) is 4.98 Å². The van der Waals surface area contributed by atoms with E-state index < -0.39 is 0 Å². The van der Waals surface area contributed by atoms with Crippen molar-refractivity contribution < 1.29 is 4.79 Å². The van der Waals surface area contributed by atoms with E-state index >= 15 is 0 Å². The molecule has 0 fully saturated rings. The Hall–Kier alpha value is -1.17. The Labute approximate surface area is 121 Å². The molecule has 19 heavy (non-hydrogen) atoms. The fraction of sp³-hybridized carbons (Fsp3) is 0.385. The fourth-order valence-electron chi connectivity index (χ4n) is 1.76. The molecule has 2 aromatic rings. The number of halogens is 1. The second-order valence-electron chi connectivity index (χ2n) is 4.51. The largest absolute Gasteiger partial charge is 0.337 e. The van der Waals surface area contributed by atoms with Gasteiger partial charge in [0.05, 0.1) is 21.8 Å². The highest BCUT2D eigenvalue weighted by Gasteiger charge is 2.22. The highest BCUT2D eigenvalue weighted by atomic mass is 35.5. The maximum atomic E-state index is 12.3. The number of ketones is 1. The summed E-state index contributed by atoms with van der Waals surface area (Å²) >= 11 is 7.19. The van der Waals surface area contributed by atoms with Crippen LogP contribution in [-0.4, -0.2) is 33.3 Å². The van der Waals surface area contributed by atoms with Crippen LogP contribution in [0.3, 0.4) is 0 Å². The Kier molecular flexibility index (Phi) is 4.39. The Morgan fingerprint density at radius 1 is 1.58 bits per heavy atom. The molecule has 2 rings (SSSR count). The van der Waals surface area contributed by atoms with Crippen molar-refractivity contribution in [2.45, 2.75) is 19.5 Å². The number of rotatable bonds is 5. The van der Waals surface area contributed by atoms with E-state index in [-0.39, 0.29) is 11.8 Å². The van der Waals surface area contributed by atoms with Crippen LogP contribution >= 0.6 is 22.9 Å². The minimum atomic E-state index is -0.202. The van der Waals surface area contributed by atoms with Gasteiger partial charge in [-0.1, -0.05) is 11.6 Å². The molecule has 4 nitrogen and oxygen atoms in total. The molecule has 1 unspecified atom stereocenters. The smallest absolute Gasteiger partial charge is 0.189 e. The van der Waals surface area contributed by atoms with Gasteiger partial charge in [-0.05, 0) is 26.1 Å². The standard InChI is InChI=1S/C13H16ClN3OS/c1-9(13(18)10-4-5-11(14)19-10)17(3)8-12-15-6-7-16(12)2/h4-7,9H,8H2,1-3H3. The Morgan fingerprint density at radius 3 is 2.84 bits per heavy atom. The second-order valence-corrected chi connectivity index (χ2v) is 6.23. The number of carbonyl (C=O) groups excluding carboxylic acids is 1. The van der Waals surface area contributed by atoms with Crippen LogP contribution in [0.4, 0.5) is 0 Å². The Bertz CT molecular complexity index is 578. The lowest BCUT2D eigenvalue weighted by Gasteiger charge is -2.22. The van der Waals surface area contributed by atoms with E-state index in [1.165, 1.54) is 11.3 Å². The Morgan fingerprint density at radius 2 is 2.32 bits per heavy atom. The maximum absolute atomic E-state index is 12.3. The van der Waals surface area contributed by atoms with Gasteiger partial charge in [0.2, 0.25) is 0 Å². The van der Waals surface area contributed by atoms with Gasteiger partial charge in [0.15, 0.2) is 5.78 Å². The van der Waals surface area contributed by atoms with Gasteiger partial charge < -0.3 is 4.57 Å². The van der Waals surface area contributed by atoms with Gasteiger partial charge in [-0.25, -0.2) is 4.98 Å². The molecule has 6 heteroatoms. The molecule has 0 saturated heterocycles. The first-order valence-electron chi connectivity index (χ1n) is 5.95. The molecule has 2 heterocycles. The van der Waals surface area contributed by atoms with Crippen molar-refractivity contribution in [1.82, 2.24) is 14.5 Å². The van der Waals surface area contributed by atoms with Crippen molar-refractivity contribution in [3.05, 3.63) is 39.6 Å². The minimum absolute atomic E-state index is 0.0913. The van der Waals surface area contributed by atoms with Crippen LogP contribution in [0.15, 0.2) is 24.5 Å². The molecule has 0 radical (unpaired) electrons. The predicted octanol–water partition coefficient (Wildman–Crippen LogP) is 2.84. The van der Waals surface area contributed by atoms with Crippen molar-refractivity contribution >= 4 is 28.7 Å². The number of imidazole rings is 1. The van der Waals surface area contributed by atoms with Gasteiger partial charge >= 0.3 is 0 Å². The van der Waals surface area contributed by atoms with E-state index in [9.17, 15) is 4.79 Å². The summed E-state index contributed by atoms with van der Waals surface area (Å²) in [6, 6.07) is 3.33. The van der Waals surface area contributed by atoms with E-state index in [0.717, 1.165) is 5.82 Å². The summed E-state index contributed by atoms with van der Waals surface area (Å²) in [5, 5.41) is 0. The number of thiophene rings is 1. The van der Waals surface area contributed by atoms with Crippen LogP contribution in [0.25, 0.3) is 0 Å². The van der Waals surface area contributed by atoms with Gasteiger partial charge in [0, 0.05) is 19.4 Å². The number of nitrogens with zero attached hydrogens (tertiary/aromatic N) is 3. The van der Waals surface area contributed by atoms with E-state index in [1.54, 1.807) is 18.3 Å². The lowest BCUT2D eigenvalue weighted by atomic mass is 10.1. The second kappa shape index (κ2) is 5.86. The van der Waals surface area contributed by atoms with Crippen molar-refractivity contribution in [3.63, 3.8) is 0 Å². The molecule has 0 aliphatic rings. The van der Waals surface area contributed by atoms with Crippen LogP contribution in [0.5, 0.6) is 0 Å². The topological polar surface area (TPSA) is 38.1 Å². The molecule has 0 N–H and O–H groups in total. The molecule has 102 valence electrons. The van der Waals surface area contributed by atoms with Gasteiger partial charge in [-0.15, -0.1) is 11.3 Å². The van der Waals surface area contributed by atoms with Crippen LogP contribution in [0, 0.1) is 0 Å². The summed E-state index contributed by atoms with van der Waals surface area (Å²) in [6.07, 6.45) is 3.66. The summed E-state index contributed by atoms with van der Waals surface area (Å²) in [5.74, 6) is 1.03. The van der Waals surface area contributed by atoms with Gasteiger partial charge in [-0.3, -0.25) is 9.69 Å². The third-order valence-electron chi connectivity index (χ3n) is 3.17. The number of Topliss-reactive ketones (excluding diaryl/α,β-unsaturated/α-hetero) is 1. The third kappa shape index (κ3) is 3.23. The predicted molar refractivity (Wildman–Crippen MR) is 77.8 cm³/mol. The molecule has 2 aromatic heterocycles. The molecular formula is C13H16ClN3OS. The summed E-state index contributed by atoms with van der Waals surface area (Å²) in [6.45, 7) is 2.54. The van der Waals surface area contributed by atoms with E-state index in [1.807, 2.05) is 36.7 Å². The number of aromatic nitrogens is 2. The highest BCUT2D eigenvalue weighted by molar-refractivity contribution is 7.18. The zero-order valence-electron chi connectivity index (χ0n) is 11.1. The zero-order valence-corrected chi connectivity index (χ0v) is 12.7. The van der Waals surface area contributed by atoms with Crippen LogP contribution in [0.2, 0.25) is 4.34 Å². The average Bonchev–Trinajstić information content (AvgIpc) is 2.97. The number of hydrogen-bond donors (Lipinski definition) is 0. The molecule has 0 aromatic carbocycles. The first kappa shape index (κ1) is 14.2. The molecule has 0 aliphatic carbocycles. The molecule has 0 amide bonds. The number of aryl methyl sites for hydroxylation is 1. The number of carbonyl (C=O) groups is 1. The molecular weight excluding hydrogens is 282 g/mol. The normalized spacial score (nSPS) is 12.9. The summed E-state index contributed by atoms with van der Waals surface area (Å²) in [4.78, 5) is 19.2. The SMILES string of the molecule is CC(C(=O)c1ccc(Cl)s1)N(C)Cc1nccn1C. The van der Waals surface area contributed by atoms with Gasteiger partial charge in [0.25, 0.3) is 0 Å². The van der Waals surface area contributed by atoms with Crippen molar-refractivity contribution in [1.29, 1.82) is 0 Å². The third-order valence-corrected chi connectivity index (χ3v) is 4.41. The molecule has 0 bridgehead atoms. The molecule has 0 aliphatic heterocycles. The first-order valence-corrected chi connectivity index (χ1v) is 7.14. The van der Waals surface area contributed by atoms with Crippen molar-refractivity contribution in [3.8, 4) is 0 Å². The monoisotopic (exact) mass is 297 g/mol. The lowest BCUT2D eigenvalue weighted by Crippen LogP contribution is -2.35. The fourth-order valence-corrected chi connectivity index (χ4v) is 2.83. The first-order chi connectivity index (χ1) is 8.99. The summed E-state index contributed by atoms with van der Waals surface area (Å²) in [7, 11) is 3.87. The highest BCUT2D eigenvalue weighted by Crippen LogP contribution is 2.23. The number of hydrogen-bond acceptors (Lipinski definition) is 4.